The molecule has 0 spiro atoms. The number of rotatable bonds is 8. The maximum atomic E-state index is 12.6. The highest BCUT2D eigenvalue weighted by molar-refractivity contribution is 14.0. The molecule has 2 aromatic rings. The third kappa shape index (κ3) is 7.52. The fourth-order valence-corrected chi connectivity index (χ4v) is 2.58. The van der Waals surface area contributed by atoms with Crippen LogP contribution in [0.2, 0.25) is 0 Å². The number of pyridine rings is 1. The lowest BCUT2D eigenvalue weighted by molar-refractivity contribution is -0.0504. The van der Waals surface area contributed by atoms with Crippen molar-refractivity contribution in [3.05, 3.63) is 47.7 Å². The molecular weight excluding hydrogens is 495 g/mol. The number of anilines is 1. The average molecular weight is 521 g/mol. The zero-order chi connectivity index (χ0) is 20.5. The summed E-state index contributed by atoms with van der Waals surface area (Å²) in [5, 5.41) is 6.29. The van der Waals surface area contributed by atoms with Gasteiger partial charge in [0.05, 0.1) is 7.11 Å². The summed E-state index contributed by atoms with van der Waals surface area (Å²) in [6.45, 7) is -2.17. The molecule has 1 heterocycles. The van der Waals surface area contributed by atoms with Crippen LogP contribution < -0.4 is 25.0 Å². The highest BCUT2D eigenvalue weighted by Gasteiger charge is 2.12. The lowest BCUT2D eigenvalue weighted by Gasteiger charge is -2.18. The minimum atomic E-state index is -2.90. The van der Waals surface area contributed by atoms with Crippen LogP contribution in [0.15, 0.2) is 41.5 Å². The molecule has 0 saturated carbocycles. The van der Waals surface area contributed by atoms with Crippen molar-refractivity contribution in [2.24, 2.45) is 4.99 Å². The fourth-order valence-electron chi connectivity index (χ4n) is 2.58. The Kier molecular flexibility index (Phi) is 10.4. The van der Waals surface area contributed by atoms with Gasteiger partial charge in [-0.1, -0.05) is 6.07 Å². The van der Waals surface area contributed by atoms with E-state index < -0.39 is 6.61 Å². The first-order chi connectivity index (χ1) is 13.4. The van der Waals surface area contributed by atoms with Gasteiger partial charge in [0.2, 0.25) is 0 Å². The molecule has 2 N–H and O–H groups in total. The standard InChI is InChI=1S/C19H25F2N5O2.HI/c1-22-19(24-11-13-6-5-9-23-17(13)26(2)3)25-12-14-10-15(27-4)7-8-16(14)28-18(20)21;/h5-10,18H,11-12H2,1-4H3,(H2,22,24,25);1H. The number of hydrogen-bond donors (Lipinski definition) is 2. The quantitative estimate of drug-likeness (QED) is 0.316. The zero-order valence-corrected chi connectivity index (χ0v) is 19.1. The first-order valence-corrected chi connectivity index (χ1v) is 8.62. The number of nitrogens with one attached hydrogen (secondary N) is 2. The summed E-state index contributed by atoms with van der Waals surface area (Å²) in [5.41, 5.74) is 1.52. The lowest BCUT2D eigenvalue weighted by atomic mass is 10.2. The minimum absolute atomic E-state index is 0. The van der Waals surface area contributed by atoms with Crippen LogP contribution in [0.5, 0.6) is 11.5 Å². The van der Waals surface area contributed by atoms with E-state index in [1.807, 2.05) is 31.1 Å². The third-order valence-electron chi connectivity index (χ3n) is 3.89. The van der Waals surface area contributed by atoms with Crippen LogP contribution in [-0.4, -0.2) is 45.8 Å². The summed E-state index contributed by atoms with van der Waals surface area (Å²) in [6, 6.07) is 8.50. The summed E-state index contributed by atoms with van der Waals surface area (Å²) in [6.07, 6.45) is 1.74. The number of aliphatic imine (C=N–C) groups is 1. The highest BCUT2D eigenvalue weighted by Crippen LogP contribution is 2.25. The molecular formula is C19H26F2IN5O2. The largest absolute Gasteiger partial charge is 0.497 e. The minimum Gasteiger partial charge on any atom is -0.497 e. The Labute approximate surface area is 186 Å². The van der Waals surface area contributed by atoms with Crippen molar-refractivity contribution in [1.29, 1.82) is 0 Å². The molecule has 0 aliphatic rings. The molecule has 29 heavy (non-hydrogen) atoms. The Morgan fingerprint density at radius 3 is 2.45 bits per heavy atom. The molecule has 0 atom stereocenters. The first-order valence-electron chi connectivity index (χ1n) is 8.62. The molecule has 1 aromatic heterocycles. The summed E-state index contributed by atoms with van der Waals surface area (Å²) in [5.74, 6) is 2.00. The van der Waals surface area contributed by atoms with E-state index in [1.54, 1.807) is 25.4 Å². The van der Waals surface area contributed by atoms with Crippen molar-refractivity contribution in [2.75, 3.05) is 33.2 Å². The van der Waals surface area contributed by atoms with Crippen molar-refractivity contribution >= 4 is 35.8 Å². The molecule has 0 bridgehead atoms. The Balaban J connectivity index is 0.00000420. The second-order valence-corrected chi connectivity index (χ2v) is 6.01. The predicted molar refractivity (Wildman–Crippen MR) is 121 cm³/mol. The van der Waals surface area contributed by atoms with Gasteiger partial charge in [0.1, 0.15) is 17.3 Å². The van der Waals surface area contributed by atoms with Gasteiger partial charge in [0.15, 0.2) is 5.96 Å². The second kappa shape index (κ2) is 12.2. The topological polar surface area (TPSA) is 71.0 Å². The first kappa shape index (κ1) is 24.7. The van der Waals surface area contributed by atoms with Gasteiger partial charge in [0, 0.05) is 51.6 Å². The summed E-state index contributed by atoms with van der Waals surface area (Å²) >= 11 is 0. The average Bonchev–Trinajstić information content (AvgIpc) is 2.68. The van der Waals surface area contributed by atoms with E-state index in [-0.39, 0.29) is 36.3 Å². The number of hydrogen-bond acceptors (Lipinski definition) is 5. The number of nitrogens with zero attached hydrogens (tertiary/aromatic N) is 3. The molecule has 10 heteroatoms. The van der Waals surface area contributed by atoms with Crippen LogP contribution in [0.1, 0.15) is 11.1 Å². The van der Waals surface area contributed by atoms with Crippen molar-refractivity contribution in [1.82, 2.24) is 15.6 Å². The predicted octanol–water partition coefficient (Wildman–Crippen LogP) is 3.24. The van der Waals surface area contributed by atoms with E-state index in [9.17, 15) is 8.78 Å². The van der Waals surface area contributed by atoms with Gasteiger partial charge in [-0.2, -0.15) is 8.78 Å². The van der Waals surface area contributed by atoms with Gasteiger partial charge in [-0.05, 0) is 24.3 Å². The SMILES string of the molecule is CN=C(NCc1cc(OC)ccc1OC(F)F)NCc1cccnc1N(C)C.I. The number of methoxy groups -OCH3 is 1. The summed E-state index contributed by atoms with van der Waals surface area (Å²) < 4.78 is 35.0. The van der Waals surface area contributed by atoms with Crippen molar-refractivity contribution in [3.8, 4) is 11.5 Å². The molecule has 0 saturated heterocycles. The van der Waals surface area contributed by atoms with Gasteiger partial charge in [-0.15, -0.1) is 24.0 Å². The monoisotopic (exact) mass is 521 g/mol. The van der Waals surface area contributed by atoms with Crippen LogP contribution in [0.4, 0.5) is 14.6 Å². The Hall–Kier alpha value is -2.37. The number of halogens is 3. The Morgan fingerprint density at radius 2 is 1.86 bits per heavy atom. The number of ether oxygens (including phenoxy) is 2. The van der Waals surface area contributed by atoms with Crippen LogP contribution >= 0.6 is 24.0 Å². The zero-order valence-electron chi connectivity index (χ0n) is 16.8. The Morgan fingerprint density at radius 1 is 1.17 bits per heavy atom. The van der Waals surface area contributed by atoms with Crippen molar-refractivity contribution in [3.63, 3.8) is 0 Å². The van der Waals surface area contributed by atoms with E-state index >= 15 is 0 Å². The van der Waals surface area contributed by atoms with E-state index in [0.717, 1.165) is 11.4 Å². The molecule has 0 amide bonds. The van der Waals surface area contributed by atoms with Gasteiger partial charge in [-0.3, -0.25) is 4.99 Å². The van der Waals surface area contributed by atoms with Crippen molar-refractivity contribution in [2.45, 2.75) is 19.7 Å². The van der Waals surface area contributed by atoms with E-state index in [0.29, 0.717) is 23.8 Å². The van der Waals surface area contributed by atoms with Gasteiger partial charge in [-0.25, -0.2) is 4.98 Å². The molecule has 160 valence electrons. The van der Waals surface area contributed by atoms with Gasteiger partial charge < -0.3 is 25.0 Å². The molecule has 0 radical (unpaired) electrons. The normalized spacial score (nSPS) is 10.9. The van der Waals surface area contributed by atoms with Crippen molar-refractivity contribution < 1.29 is 18.3 Å². The molecule has 0 aliphatic heterocycles. The third-order valence-corrected chi connectivity index (χ3v) is 3.89. The fraction of sp³-hybridized carbons (Fsp3) is 0.368. The number of alkyl halides is 2. The van der Waals surface area contributed by atoms with Crippen LogP contribution in [0, 0.1) is 0 Å². The molecule has 7 nitrogen and oxygen atoms in total. The summed E-state index contributed by atoms with van der Waals surface area (Å²) in [7, 11) is 6.99. The summed E-state index contributed by atoms with van der Waals surface area (Å²) in [4.78, 5) is 10.5. The molecule has 2 rings (SSSR count). The molecule has 0 unspecified atom stereocenters. The van der Waals surface area contributed by atoms with E-state index in [1.165, 1.54) is 13.2 Å². The maximum absolute atomic E-state index is 12.6. The smallest absolute Gasteiger partial charge is 0.387 e. The van der Waals surface area contributed by atoms with Crippen LogP contribution in [0.3, 0.4) is 0 Å². The molecule has 0 fully saturated rings. The lowest BCUT2D eigenvalue weighted by Crippen LogP contribution is -2.36. The molecule has 0 aliphatic carbocycles. The van der Waals surface area contributed by atoms with Crippen LogP contribution in [-0.2, 0) is 13.1 Å². The van der Waals surface area contributed by atoms with Gasteiger partial charge >= 0.3 is 6.61 Å². The number of aromatic nitrogens is 1. The second-order valence-electron chi connectivity index (χ2n) is 6.01. The van der Waals surface area contributed by atoms with E-state index in [4.69, 9.17) is 4.74 Å². The Bertz CT molecular complexity index is 806. The van der Waals surface area contributed by atoms with E-state index in [2.05, 4.69) is 25.3 Å². The maximum Gasteiger partial charge on any atom is 0.387 e. The number of guanidine groups is 1. The molecule has 1 aromatic carbocycles. The van der Waals surface area contributed by atoms with Crippen LogP contribution in [0.25, 0.3) is 0 Å². The highest BCUT2D eigenvalue weighted by atomic mass is 127. The van der Waals surface area contributed by atoms with Gasteiger partial charge in [0.25, 0.3) is 0 Å². The number of benzene rings is 1.